The van der Waals surface area contributed by atoms with Crippen LogP contribution in [0.3, 0.4) is 0 Å². The molecule has 0 aliphatic rings. The SMILES string of the molecule is CC(C)C(=O)Nc1ccc(C(=O)C(C)OC(=O)/C=C/c2ccccc2[N+](=O)[O-])cc1. The van der Waals surface area contributed by atoms with E-state index in [2.05, 4.69) is 5.32 Å². The van der Waals surface area contributed by atoms with E-state index in [1.54, 1.807) is 32.0 Å². The molecule has 0 radical (unpaired) electrons. The molecule has 0 aromatic heterocycles. The monoisotopic (exact) mass is 410 g/mol. The third-order valence-electron chi connectivity index (χ3n) is 4.16. The molecule has 2 aromatic rings. The standard InChI is InChI=1S/C22H22N2O6/c1-14(2)22(27)23-18-11-8-17(9-12-18)21(26)15(3)30-20(25)13-10-16-6-4-5-7-19(16)24(28)29/h4-15H,1-3H3,(H,23,27)/b13-10+. The van der Waals surface area contributed by atoms with E-state index in [0.29, 0.717) is 11.3 Å². The molecule has 2 rings (SSSR count). The Morgan fingerprint density at radius 3 is 2.27 bits per heavy atom. The third-order valence-corrected chi connectivity index (χ3v) is 4.16. The highest BCUT2D eigenvalue weighted by Gasteiger charge is 2.19. The van der Waals surface area contributed by atoms with Gasteiger partial charge in [-0.25, -0.2) is 4.79 Å². The Labute approximate surface area is 173 Å². The second-order valence-electron chi connectivity index (χ2n) is 6.81. The van der Waals surface area contributed by atoms with Crippen LogP contribution in [0.5, 0.6) is 0 Å². The maximum Gasteiger partial charge on any atom is 0.331 e. The number of hydrogen-bond donors (Lipinski definition) is 1. The van der Waals surface area contributed by atoms with Crippen LogP contribution in [-0.2, 0) is 14.3 Å². The molecule has 8 nitrogen and oxygen atoms in total. The van der Waals surface area contributed by atoms with Gasteiger partial charge in [-0.2, -0.15) is 0 Å². The Bertz CT molecular complexity index is 979. The lowest BCUT2D eigenvalue weighted by Crippen LogP contribution is -2.23. The molecular formula is C22H22N2O6. The van der Waals surface area contributed by atoms with Crippen LogP contribution in [0.2, 0.25) is 0 Å². The number of rotatable bonds is 8. The van der Waals surface area contributed by atoms with Crippen molar-refractivity contribution in [3.63, 3.8) is 0 Å². The van der Waals surface area contributed by atoms with E-state index >= 15 is 0 Å². The van der Waals surface area contributed by atoms with E-state index in [-0.39, 0.29) is 23.1 Å². The second kappa shape index (κ2) is 10.1. The van der Waals surface area contributed by atoms with Crippen LogP contribution in [0.4, 0.5) is 11.4 Å². The molecular weight excluding hydrogens is 388 g/mol. The van der Waals surface area contributed by atoms with Gasteiger partial charge in [0.25, 0.3) is 5.69 Å². The predicted octanol–water partition coefficient (Wildman–Crippen LogP) is 4.02. The van der Waals surface area contributed by atoms with Gasteiger partial charge in [0.15, 0.2) is 6.10 Å². The number of nitrogens with one attached hydrogen (secondary N) is 1. The number of nitro groups is 1. The van der Waals surface area contributed by atoms with Crippen LogP contribution in [0, 0.1) is 16.0 Å². The fraction of sp³-hybridized carbons (Fsp3) is 0.227. The van der Waals surface area contributed by atoms with Crippen molar-refractivity contribution >= 4 is 35.1 Å². The van der Waals surface area contributed by atoms with Gasteiger partial charge in [0.2, 0.25) is 11.7 Å². The van der Waals surface area contributed by atoms with Gasteiger partial charge in [0, 0.05) is 29.3 Å². The van der Waals surface area contributed by atoms with Gasteiger partial charge in [-0.05, 0) is 43.3 Å². The summed E-state index contributed by atoms with van der Waals surface area (Å²) in [6.45, 7) is 4.98. The van der Waals surface area contributed by atoms with Gasteiger partial charge in [0.05, 0.1) is 10.5 Å². The highest BCUT2D eigenvalue weighted by Crippen LogP contribution is 2.19. The Balaban J connectivity index is 1.99. The molecule has 0 aliphatic heterocycles. The Morgan fingerprint density at radius 2 is 1.67 bits per heavy atom. The summed E-state index contributed by atoms with van der Waals surface area (Å²) in [6.07, 6.45) is 1.25. The molecule has 30 heavy (non-hydrogen) atoms. The van der Waals surface area contributed by atoms with E-state index in [1.165, 1.54) is 43.3 Å². The largest absolute Gasteiger partial charge is 0.451 e. The number of carbonyl (C=O) groups is 3. The molecule has 8 heteroatoms. The lowest BCUT2D eigenvalue weighted by Gasteiger charge is -2.12. The minimum atomic E-state index is -1.05. The minimum Gasteiger partial charge on any atom is -0.451 e. The minimum absolute atomic E-state index is 0.137. The van der Waals surface area contributed by atoms with Crippen molar-refractivity contribution in [3.05, 3.63) is 75.8 Å². The van der Waals surface area contributed by atoms with Crippen molar-refractivity contribution < 1.29 is 24.0 Å². The lowest BCUT2D eigenvalue weighted by molar-refractivity contribution is -0.385. The molecule has 0 bridgehead atoms. The third kappa shape index (κ3) is 6.10. The van der Waals surface area contributed by atoms with Crippen LogP contribution in [0.15, 0.2) is 54.6 Å². The summed E-state index contributed by atoms with van der Waals surface area (Å²) in [7, 11) is 0. The first-order chi connectivity index (χ1) is 14.2. The number of hydrogen-bond acceptors (Lipinski definition) is 6. The van der Waals surface area contributed by atoms with Gasteiger partial charge >= 0.3 is 5.97 Å². The normalized spacial score (nSPS) is 11.9. The van der Waals surface area contributed by atoms with E-state index in [0.717, 1.165) is 6.08 Å². The van der Waals surface area contributed by atoms with Crippen LogP contribution >= 0.6 is 0 Å². The van der Waals surface area contributed by atoms with Crippen molar-refractivity contribution in [1.29, 1.82) is 0 Å². The van der Waals surface area contributed by atoms with E-state index < -0.39 is 22.8 Å². The quantitative estimate of drug-likeness (QED) is 0.231. The average molecular weight is 410 g/mol. The number of amides is 1. The van der Waals surface area contributed by atoms with Gasteiger partial charge in [0.1, 0.15) is 0 Å². The number of ketones is 1. The van der Waals surface area contributed by atoms with E-state index in [9.17, 15) is 24.5 Å². The highest BCUT2D eigenvalue weighted by atomic mass is 16.6. The number of esters is 1. The summed E-state index contributed by atoms with van der Waals surface area (Å²) >= 11 is 0. The van der Waals surface area contributed by atoms with Crippen molar-refractivity contribution in [1.82, 2.24) is 0 Å². The molecule has 156 valence electrons. The fourth-order valence-corrected chi connectivity index (χ4v) is 2.46. The van der Waals surface area contributed by atoms with Crippen LogP contribution in [0.1, 0.15) is 36.7 Å². The summed E-state index contributed by atoms with van der Waals surface area (Å²) in [4.78, 5) is 46.6. The second-order valence-corrected chi connectivity index (χ2v) is 6.81. The number of benzene rings is 2. The van der Waals surface area contributed by atoms with Crippen molar-refractivity contribution in [3.8, 4) is 0 Å². The lowest BCUT2D eigenvalue weighted by atomic mass is 10.1. The van der Waals surface area contributed by atoms with Gasteiger partial charge < -0.3 is 10.1 Å². The zero-order chi connectivity index (χ0) is 22.3. The van der Waals surface area contributed by atoms with Gasteiger partial charge in [-0.1, -0.05) is 26.0 Å². The number of para-hydroxylation sites is 1. The Morgan fingerprint density at radius 1 is 1.03 bits per heavy atom. The molecule has 0 saturated heterocycles. The highest BCUT2D eigenvalue weighted by molar-refractivity contribution is 6.01. The zero-order valence-corrected chi connectivity index (χ0v) is 16.8. The van der Waals surface area contributed by atoms with E-state index in [4.69, 9.17) is 4.74 Å². The molecule has 0 fully saturated rings. The maximum absolute atomic E-state index is 12.5. The van der Waals surface area contributed by atoms with Crippen molar-refractivity contribution in [2.75, 3.05) is 5.32 Å². The van der Waals surface area contributed by atoms with Crippen LogP contribution in [-0.4, -0.2) is 28.7 Å². The summed E-state index contributed by atoms with van der Waals surface area (Å²) in [6, 6.07) is 12.2. The Hall–Kier alpha value is -3.81. The molecule has 1 N–H and O–H groups in total. The maximum atomic E-state index is 12.5. The van der Waals surface area contributed by atoms with Crippen LogP contribution < -0.4 is 5.32 Å². The molecule has 0 aliphatic carbocycles. The number of nitro benzene ring substituents is 1. The van der Waals surface area contributed by atoms with Crippen LogP contribution in [0.25, 0.3) is 6.08 Å². The molecule has 0 heterocycles. The first-order valence-electron chi connectivity index (χ1n) is 9.26. The number of ether oxygens (including phenoxy) is 1. The average Bonchev–Trinajstić information content (AvgIpc) is 2.72. The first-order valence-corrected chi connectivity index (χ1v) is 9.26. The van der Waals surface area contributed by atoms with E-state index in [1.807, 2.05) is 0 Å². The topological polar surface area (TPSA) is 116 Å². The molecule has 1 amide bonds. The molecule has 0 saturated carbocycles. The first kappa shape index (κ1) is 22.5. The summed E-state index contributed by atoms with van der Waals surface area (Å²) in [5.41, 5.74) is 0.982. The fourth-order valence-electron chi connectivity index (χ4n) is 2.46. The number of anilines is 1. The summed E-state index contributed by atoms with van der Waals surface area (Å²) in [5, 5.41) is 13.7. The summed E-state index contributed by atoms with van der Waals surface area (Å²) < 4.78 is 5.10. The van der Waals surface area contributed by atoms with Crippen molar-refractivity contribution in [2.45, 2.75) is 26.9 Å². The molecule has 2 aromatic carbocycles. The van der Waals surface area contributed by atoms with Gasteiger partial charge in [-0.15, -0.1) is 0 Å². The van der Waals surface area contributed by atoms with Crippen molar-refractivity contribution in [2.24, 2.45) is 5.92 Å². The smallest absolute Gasteiger partial charge is 0.331 e. The summed E-state index contributed by atoms with van der Waals surface area (Å²) in [5.74, 6) is -1.52. The zero-order valence-electron chi connectivity index (χ0n) is 16.8. The Kier molecular flexibility index (Phi) is 7.57. The molecule has 1 atom stereocenters. The molecule has 1 unspecified atom stereocenters. The van der Waals surface area contributed by atoms with Gasteiger partial charge in [-0.3, -0.25) is 19.7 Å². The number of Topliss-reactive ketones (excluding diaryl/α,β-unsaturated/α-hetero) is 1. The predicted molar refractivity (Wildman–Crippen MR) is 112 cm³/mol. The number of nitrogens with zero attached hydrogens (tertiary/aromatic N) is 1. The number of carbonyl (C=O) groups excluding carboxylic acids is 3. The molecule has 0 spiro atoms.